The highest BCUT2D eigenvalue weighted by atomic mass is 16.7. The van der Waals surface area contributed by atoms with Crippen LogP contribution in [0.3, 0.4) is 0 Å². The Kier molecular flexibility index (Phi) is 2.95. The van der Waals surface area contributed by atoms with Crippen molar-refractivity contribution < 1.29 is 9.47 Å². The number of hydrogen-bond donors (Lipinski definition) is 0. The largest absolute Gasteiger partial charge is 0.339 e. The molecule has 1 saturated heterocycles. The molecule has 116 valence electrons. The summed E-state index contributed by atoms with van der Waals surface area (Å²) in [4.78, 5) is 0. The van der Waals surface area contributed by atoms with Crippen LogP contribution in [0.15, 0.2) is 36.4 Å². The molecule has 0 N–H and O–H groups in total. The molecule has 2 fully saturated rings. The van der Waals surface area contributed by atoms with Gasteiger partial charge in [-0.1, -0.05) is 36.4 Å². The zero-order valence-electron chi connectivity index (χ0n) is 13.8. The van der Waals surface area contributed by atoms with Gasteiger partial charge in [-0.25, -0.2) is 0 Å². The van der Waals surface area contributed by atoms with Crippen molar-refractivity contribution in [2.75, 3.05) is 0 Å². The SMILES string of the molecule is CC1(C)OC(c2ccc(C3CC3)c3ccccc23)OC1(C)C. The summed E-state index contributed by atoms with van der Waals surface area (Å²) < 4.78 is 12.5. The average Bonchev–Trinajstić information content (AvgIpc) is 3.26. The Bertz CT molecular complexity index is 710. The second-order valence-corrected chi connectivity index (χ2v) is 7.65. The van der Waals surface area contributed by atoms with E-state index in [2.05, 4.69) is 64.1 Å². The van der Waals surface area contributed by atoms with Gasteiger partial charge in [0.25, 0.3) is 0 Å². The quantitative estimate of drug-likeness (QED) is 0.746. The average molecular weight is 296 g/mol. The van der Waals surface area contributed by atoms with Crippen molar-refractivity contribution in [3.8, 4) is 0 Å². The third kappa shape index (κ3) is 2.09. The number of hydrogen-bond acceptors (Lipinski definition) is 2. The van der Waals surface area contributed by atoms with E-state index in [1.54, 1.807) is 0 Å². The van der Waals surface area contributed by atoms with Crippen LogP contribution in [0.25, 0.3) is 10.8 Å². The predicted molar refractivity (Wildman–Crippen MR) is 89.0 cm³/mol. The Morgan fingerprint density at radius 1 is 0.773 bits per heavy atom. The van der Waals surface area contributed by atoms with E-state index in [0.29, 0.717) is 0 Å². The molecule has 2 nitrogen and oxygen atoms in total. The highest BCUT2D eigenvalue weighted by Crippen LogP contribution is 2.48. The van der Waals surface area contributed by atoms with Crippen LogP contribution >= 0.6 is 0 Å². The molecule has 1 saturated carbocycles. The van der Waals surface area contributed by atoms with Gasteiger partial charge in [-0.2, -0.15) is 0 Å². The molecule has 22 heavy (non-hydrogen) atoms. The van der Waals surface area contributed by atoms with Gasteiger partial charge in [0.2, 0.25) is 0 Å². The van der Waals surface area contributed by atoms with Crippen molar-refractivity contribution in [1.82, 2.24) is 0 Å². The molecule has 1 aliphatic carbocycles. The summed E-state index contributed by atoms with van der Waals surface area (Å²) >= 11 is 0. The molecular formula is C20H24O2. The van der Waals surface area contributed by atoms with Crippen LogP contribution < -0.4 is 0 Å². The Morgan fingerprint density at radius 3 is 1.82 bits per heavy atom. The minimum Gasteiger partial charge on any atom is -0.339 e. The predicted octanol–water partition coefficient (Wildman–Crippen LogP) is 5.32. The monoisotopic (exact) mass is 296 g/mol. The molecule has 1 heterocycles. The fraction of sp³-hybridized carbons (Fsp3) is 0.500. The minimum absolute atomic E-state index is 0.289. The first-order valence-electron chi connectivity index (χ1n) is 8.26. The minimum atomic E-state index is -0.298. The van der Waals surface area contributed by atoms with E-state index < -0.39 is 0 Å². The third-order valence-electron chi connectivity index (χ3n) is 5.52. The number of benzene rings is 2. The van der Waals surface area contributed by atoms with Crippen LogP contribution in [-0.2, 0) is 9.47 Å². The zero-order valence-corrected chi connectivity index (χ0v) is 13.8. The Hall–Kier alpha value is -1.38. The standard InChI is InChI=1S/C20H24O2/c1-19(2)20(3,4)22-18(21-19)17-12-11-14(13-9-10-13)15-7-5-6-8-16(15)17/h5-8,11-13,18H,9-10H2,1-4H3. The Morgan fingerprint density at radius 2 is 1.27 bits per heavy atom. The summed E-state index contributed by atoms with van der Waals surface area (Å²) in [6, 6.07) is 13.1. The number of ether oxygens (including phenoxy) is 2. The van der Waals surface area contributed by atoms with Gasteiger partial charge in [-0.15, -0.1) is 0 Å². The summed E-state index contributed by atoms with van der Waals surface area (Å²) in [5, 5.41) is 2.63. The van der Waals surface area contributed by atoms with Crippen molar-refractivity contribution in [1.29, 1.82) is 0 Å². The maximum atomic E-state index is 6.25. The van der Waals surface area contributed by atoms with Crippen molar-refractivity contribution in [2.24, 2.45) is 0 Å². The third-order valence-corrected chi connectivity index (χ3v) is 5.52. The lowest BCUT2D eigenvalue weighted by Crippen LogP contribution is -2.41. The van der Waals surface area contributed by atoms with Crippen LogP contribution in [0.4, 0.5) is 0 Å². The van der Waals surface area contributed by atoms with E-state index in [9.17, 15) is 0 Å². The van der Waals surface area contributed by atoms with Crippen LogP contribution in [0, 0.1) is 0 Å². The van der Waals surface area contributed by atoms with E-state index in [-0.39, 0.29) is 17.5 Å². The normalized spacial score (nSPS) is 24.0. The topological polar surface area (TPSA) is 18.5 Å². The lowest BCUT2D eigenvalue weighted by molar-refractivity contribution is -0.0885. The first-order valence-corrected chi connectivity index (χ1v) is 8.26. The summed E-state index contributed by atoms with van der Waals surface area (Å²) in [6.07, 6.45) is 2.35. The van der Waals surface area contributed by atoms with E-state index in [4.69, 9.17) is 9.47 Å². The molecule has 0 spiro atoms. The van der Waals surface area contributed by atoms with Crippen LogP contribution in [0.2, 0.25) is 0 Å². The van der Waals surface area contributed by atoms with Gasteiger partial charge < -0.3 is 9.47 Å². The fourth-order valence-corrected chi connectivity index (χ4v) is 3.27. The number of rotatable bonds is 2. The van der Waals surface area contributed by atoms with Gasteiger partial charge in [0, 0.05) is 5.56 Å². The molecule has 4 rings (SSSR count). The number of fused-ring (bicyclic) bond motifs is 1. The first-order chi connectivity index (χ1) is 10.4. The van der Waals surface area contributed by atoms with Crippen molar-refractivity contribution in [3.63, 3.8) is 0 Å². The van der Waals surface area contributed by atoms with E-state index >= 15 is 0 Å². The lowest BCUT2D eigenvalue weighted by atomic mass is 9.90. The molecule has 0 unspecified atom stereocenters. The summed E-state index contributed by atoms with van der Waals surface area (Å²) in [7, 11) is 0. The van der Waals surface area contributed by atoms with Gasteiger partial charge in [0.1, 0.15) is 0 Å². The van der Waals surface area contributed by atoms with Gasteiger partial charge in [0.15, 0.2) is 6.29 Å². The van der Waals surface area contributed by atoms with Crippen molar-refractivity contribution in [2.45, 2.75) is 63.9 Å². The Balaban J connectivity index is 1.82. The van der Waals surface area contributed by atoms with Crippen molar-refractivity contribution >= 4 is 10.8 Å². The summed E-state index contributed by atoms with van der Waals surface area (Å²) in [5.41, 5.74) is 2.04. The van der Waals surface area contributed by atoms with Gasteiger partial charge in [0.05, 0.1) is 11.2 Å². The molecule has 0 bridgehead atoms. The van der Waals surface area contributed by atoms with Gasteiger partial charge >= 0.3 is 0 Å². The second kappa shape index (κ2) is 4.56. The molecule has 0 aromatic heterocycles. The van der Waals surface area contributed by atoms with Crippen LogP contribution in [0.1, 0.15) is 63.9 Å². The summed E-state index contributed by atoms with van der Waals surface area (Å²) in [5.74, 6) is 0.747. The van der Waals surface area contributed by atoms with E-state index in [1.807, 2.05) is 0 Å². The first kappa shape index (κ1) is 14.2. The molecule has 1 aliphatic heterocycles. The fourth-order valence-electron chi connectivity index (χ4n) is 3.27. The highest BCUT2D eigenvalue weighted by molar-refractivity contribution is 5.89. The molecule has 2 aromatic carbocycles. The maximum absolute atomic E-state index is 6.25. The van der Waals surface area contributed by atoms with Crippen LogP contribution in [-0.4, -0.2) is 11.2 Å². The highest BCUT2D eigenvalue weighted by Gasteiger charge is 2.49. The van der Waals surface area contributed by atoms with Gasteiger partial charge in [-0.05, 0) is 62.8 Å². The lowest BCUT2D eigenvalue weighted by Gasteiger charge is -2.30. The van der Waals surface area contributed by atoms with Gasteiger partial charge in [-0.3, -0.25) is 0 Å². The molecule has 0 atom stereocenters. The summed E-state index contributed by atoms with van der Waals surface area (Å²) in [6.45, 7) is 8.42. The molecule has 0 radical (unpaired) electrons. The van der Waals surface area contributed by atoms with Crippen molar-refractivity contribution in [3.05, 3.63) is 47.5 Å². The van der Waals surface area contributed by atoms with E-state index in [0.717, 1.165) is 11.5 Å². The molecule has 2 aromatic rings. The smallest absolute Gasteiger partial charge is 0.185 e. The molecule has 2 heteroatoms. The molecule has 0 amide bonds. The van der Waals surface area contributed by atoms with Crippen LogP contribution in [0.5, 0.6) is 0 Å². The zero-order chi connectivity index (χ0) is 15.5. The van der Waals surface area contributed by atoms with E-state index in [1.165, 1.54) is 29.2 Å². The second-order valence-electron chi connectivity index (χ2n) is 7.65. The maximum Gasteiger partial charge on any atom is 0.185 e. The Labute approximate surface area is 132 Å². The molecule has 2 aliphatic rings. The molecular weight excluding hydrogens is 272 g/mol.